The van der Waals surface area contributed by atoms with Gasteiger partial charge in [0.15, 0.2) is 0 Å². The fourth-order valence-electron chi connectivity index (χ4n) is 1.85. The third-order valence-electron chi connectivity index (χ3n) is 2.83. The first-order chi connectivity index (χ1) is 7.88. The molecule has 0 radical (unpaired) electrons. The van der Waals surface area contributed by atoms with E-state index in [1.165, 1.54) is 18.5 Å². The number of aromatic nitrogens is 1. The van der Waals surface area contributed by atoms with Crippen LogP contribution < -0.4 is 5.32 Å². The maximum absolute atomic E-state index is 8.63. The Hall–Kier alpha value is -0.800. The van der Waals surface area contributed by atoms with Gasteiger partial charge in [-0.3, -0.25) is 0 Å². The second-order valence-electron chi connectivity index (χ2n) is 4.10. The Bertz CT molecular complexity index is 271. The molecule has 2 N–H and O–H groups in total. The van der Waals surface area contributed by atoms with E-state index < -0.39 is 0 Å². The molecule has 0 saturated carbocycles. The molecule has 0 spiro atoms. The zero-order valence-corrected chi connectivity index (χ0v) is 10.3. The van der Waals surface area contributed by atoms with Gasteiger partial charge in [-0.25, -0.2) is 0 Å². The standard InChI is InChI=1S/C13H24N2O/c1-2-15-10-7-8-13(15)12-14-9-5-3-4-6-11-16/h7-8,10,14,16H,2-6,9,11-12H2,1H3. The van der Waals surface area contributed by atoms with Gasteiger partial charge in [0.25, 0.3) is 0 Å². The van der Waals surface area contributed by atoms with Gasteiger partial charge < -0.3 is 15.0 Å². The molecule has 0 fully saturated rings. The van der Waals surface area contributed by atoms with Crippen molar-refractivity contribution in [1.82, 2.24) is 9.88 Å². The number of nitrogens with zero attached hydrogens (tertiary/aromatic N) is 1. The third-order valence-corrected chi connectivity index (χ3v) is 2.83. The van der Waals surface area contributed by atoms with E-state index >= 15 is 0 Å². The van der Waals surface area contributed by atoms with Crippen LogP contribution in [0.4, 0.5) is 0 Å². The lowest BCUT2D eigenvalue weighted by molar-refractivity contribution is 0.282. The van der Waals surface area contributed by atoms with E-state index in [1.54, 1.807) is 0 Å². The van der Waals surface area contributed by atoms with E-state index in [1.807, 2.05) is 0 Å². The monoisotopic (exact) mass is 224 g/mol. The van der Waals surface area contributed by atoms with Gasteiger partial charge in [-0.15, -0.1) is 0 Å². The third kappa shape index (κ3) is 4.81. The van der Waals surface area contributed by atoms with Crippen molar-refractivity contribution in [2.45, 2.75) is 45.7 Å². The minimum atomic E-state index is 0.331. The molecule has 3 nitrogen and oxygen atoms in total. The average Bonchev–Trinajstić information content (AvgIpc) is 2.75. The molecule has 0 aromatic carbocycles. The Balaban J connectivity index is 2.03. The van der Waals surface area contributed by atoms with Crippen LogP contribution in [0.2, 0.25) is 0 Å². The molecular weight excluding hydrogens is 200 g/mol. The summed E-state index contributed by atoms with van der Waals surface area (Å²) in [7, 11) is 0. The molecule has 0 aliphatic carbocycles. The molecule has 1 aromatic rings. The topological polar surface area (TPSA) is 37.2 Å². The molecule has 0 aliphatic heterocycles. The van der Waals surface area contributed by atoms with Crippen LogP contribution >= 0.6 is 0 Å². The molecule has 0 saturated heterocycles. The zero-order valence-electron chi connectivity index (χ0n) is 10.3. The van der Waals surface area contributed by atoms with Crippen molar-refractivity contribution in [3.63, 3.8) is 0 Å². The molecule has 92 valence electrons. The summed E-state index contributed by atoms with van der Waals surface area (Å²) in [5.74, 6) is 0. The van der Waals surface area contributed by atoms with Gasteiger partial charge in [0.2, 0.25) is 0 Å². The van der Waals surface area contributed by atoms with Crippen LogP contribution in [0.1, 0.15) is 38.3 Å². The van der Waals surface area contributed by atoms with E-state index in [4.69, 9.17) is 5.11 Å². The summed E-state index contributed by atoms with van der Waals surface area (Å²) in [6.45, 7) is 5.57. The smallest absolute Gasteiger partial charge is 0.0431 e. The van der Waals surface area contributed by atoms with Gasteiger partial charge in [0.05, 0.1) is 0 Å². The predicted octanol–water partition coefficient (Wildman–Crippen LogP) is 2.15. The van der Waals surface area contributed by atoms with E-state index in [0.717, 1.165) is 32.5 Å². The molecule has 0 bridgehead atoms. The molecule has 0 amide bonds. The molecule has 16 heavy (non-hydrogen) atoms. The van der Waals surface area contributed by atoms with E-state index in [9.17, 15) is 0 Å². The number of aryl methyl sites for hydroxylation is 1. The van der Waals surface area contributed by atoms with Crippen molar-refractivity contribution in [3.05, 3.63) is 24.0 Å². The van der Waals surface area contributed by atoms with E-state index in [2.05, 4.69) is 35.1 Å². The first-order valence-corrected chi connectivity index (χ1v) is 6.34. The summed E-state index contributed by atoms with van der Waals surface area (Å²) in [4.78, 5) is 0. The first-order valence-electron chi connectivity index (χ1n) is 6.34. The minimum absolute atomic E-state index is 0.331. The summed E-state index contributed by atoms with van der Waals surface area (Å²) in [6, 6.07) is 4.27. The number of hydrogen-bond donors (Lipinski definition) is 2. The van der Waals surface area contributed by atoms with Crippen molar-refractivity contribution in [3.8, 4) is 0 Å². The quantitative estimate of drug-likeness (QED) is 0.631. The lowest BCUT2D eigenvalue weighted by atomic mass is 10.2. The molecule has 1 aromatic heterocycles. The fourth-order valence-corrected chi connectivity index (χ4v) is 1.85. The van der Waals surface area contributed by atoms with Gasteiger partial charge in [0.1, 0.15) is 0 Å². The minimum Gasteiger partial charge on any atom is -0.396 e. The van der Waals surface area contributed by atoms with Crippen molar-refractivity contribution >= 4 is 0 Å². The summed E-state index contributed by atoms with van der Waals surface area (Å²) >= 11 is 0. The number of aliphatic hydroxyl groups is 1. The molecular formula is C13H24N2O. The Morgan fingerprint density at radius 1 is 1.25 bits per heavy atom. The van der Waals surface area contributed by atoms with E-state index in [0.29, 0.717) is 6.61 Å². The number of nitrogens with one attached hydrogen (secondary N) is 1. The summed E-state index contributed by atoms with van der Waals surface area (Å²) in [5, 5.41) is 12.1. The van der Waals surface area contributed by atoms with Crippen LogP contribution in [0.15, 0.2) is 18.3 Å². The SMILES string of the molecule is CCn1cccc1CNCCCCCCO. The van der Waals surface area contributed by atoms with Gasteiger partial charge in [-0.05, 0) is 38.4 Å². The lowest BCUT2D eigenvalue weighted by Crippen LogP contribution is -2.17. The highest BCUT2D eigenvalue weighted by Crippen LogP contribution is 2.02. The van der Waals surface area contributed by atoms with Crippen LogP contribution in [0.5, 0.6) is 0 Å². The average molecular weight is 224 g/mol. The predicted molar refractivity (Wildman–Crippen MR) is 67.4 cm³/mol. The number of unbranched alkanes of at least 4 members (excludes halogenated alkanes) is 3. The Morgan fingerprint density at radius 3 is 2.81 bits per heavy atom. The van der Waals surface area contributed by atoms with Crippen LogP contribution in [0, 0.1) is 0 Å². The Labute approximate surface area is 98.5 Å². The van der Waals surface area contributed by atoms with Crippen molar-refractivity contribution in [2.24, 2.45) is 0 Å². The molecule has 0 unspecified atom stereocenters. The maximum Gasteiger partial charge on any atom is 0.0431 e. The highest BCUT2D eigenvalue weighted by Gasteiger charge is 1.97. The van der Waals surface area contributed by atoms with Gasteiger partial charge >= 0.3 is 0 Å². The van der Waals surface area contributed by atoms with Crippen LogP contribution in [0.3, 0.4) is 0 Å². The number of hydrogen-bond acceptors (Lipinski definition) is 2. The number of aliphatic hydroxyl groups excluding tert-OH is 1. The van der Waals surface area contributed by atoms with Gasteiger partial charge in [-0.2, -0.15) is 0 Å². The number of rotatable bonds is 9. The highest BCUT2D eigenvalue weighted by molar-refractivity contribution is 5.06. The fraction of sp³-hybridized carbons (Fsp3) is 0.692. The Morgan fingerprint density at radius 2 is 2.06 bits per heavy atom. The van der Waals surface area contributed by atoms with Crippen LogP contribution in [0.25, 0.3) is 0 Å². The Kier molecular flexibility index (Phi) is 6.93. The first kappa shape index (κ1) is 13.3. The molecule has 0 aliphatic rings. The van der Waals surface area contributed by atoms with Crippen LogP contribution in [-0.2, 0) is 13.1 Å². The van der Waals surface area contributed by atoms with E-state index in [-0.39, 0.29) is 0 Å². The lowest BCUT2D eigenvalue weighted by Gasteiger charge is -2.07. The molecule has 0 atom stereocenters. The molecule has 3 heteroatoms. The molecule has 1 heterocycles. The van der Waals surface area contributed by atoms with Crippen molar-refractivity contribution in [1.29, 1.82) is 0 Å². The largest absolute Gasteiger partial charge is 0.396 e. The second-order valence-corrected chi connectivity index (χ2v) is 4.10. The van der Waals surface area contributed by atoms with Crippen molar-refractivity contribution < 1.29 is 5.11 Å². The van der Waals surface area contributed by atoms with Gasteiger partial charge in [0, 0.05) is 31.6 Å². The normalized spacial score (nSPS) is 10.9. The van der Waals surface area contributed by atoms with Crippen LogP contribution in [-0.4, -0.2) is 22.8 Å². The summed E-state index contributed by atoms with van der Waals surface area (Å²) in [6.07, 6.45) is 6.62. The molecule has 1 rings (SSSR count). The summed E-state index contributed by atoms with van der Waals surface area (Å²) < 4.78 is 2.26. The highest BCUT2D eigenvalue weighted by atomic mass is 16.2. The van der Waals surface area contributed by atoms with Gasteiger partial charge in [-0.1, -0.05) is 12.8 Å². The maximum atomic E-state index is 8.63. The second kappa shape index (κ2) is 8.36. The summed E-state index contributed by atoms with van der Waals surface area (Å²) in [5.41, 5.74) is 1.36. The van der Waals surface area contributed by atoms with Crippen molar-refractivity contribution in [2.75, 3.05) is 13.2 Å². The zero-order chi connectivity index (χ0) is 11.6.